The number of hydrogen-bond acceptors (Lipinski definition) is 1. The Kier molecular flexibility index (Phi) is 3.13. The number of nitrogens with zero attached hydrogens (tertiary/aromatic N) is 4. The monoisotopic (exact) mass is 223 g/mol. The second kappa shape index (κ2) is 4.27. The van der Waals surface area contributed by atoms with E-state index in [0.717, 1.165) is 12.3 Å². The van der Waals surface area contributed by atoms with Crippen LogP contribution in [0.4, 0.5) is 0 Å². The van der Waals surface area contributed by atoms with Gasteiger partial charge in [-0.3, -0.25) is 0 Å². The minimum Gasteiger partial charge on any atom is -0.324 e. The highest BCUT2D eigenvalue weighted by molar-refractivity contribution is 4.79. The fourth-order valence-corrected chi connectivity index (χ4v) is 3.15. The van der Waals surface area contributed by atoms with Crippen molar-refractivity contribution in [1.82, 2.24) is 0 Å². The Morgan fingerprint density at radius 2 is 1.81 bits per heavy atom. The highest BCUT2D eigenvalue weighted by Gasteiger charge is 2.40. The second-order valence-corrected chi connectivity index (χ2v) is 6.22. The van der Waals surface area contributed by atoms with Crippen LogP contribution < -0.4 is 0 Å². The fraction of sp³-hybridized carbons (Fsp3) is 1.00. The third-order valence-electron chi connectivity index (χ3n) is 4.55. The molecule has 3 aliphatic heterocycles. The molecule has 0 spiro atoms. The summed E-state index contributed by atoms with van der Waals surface area (Å²) in [7, 11) is 0. The second-order valence-electron chi connectivity index (χ2n) is 6.22. The molecule has 2 bridgehead atoms. The van der Waals surface area contributed by atoms with Gasteiger partial charge in [-0.25, -0.2) is 0 Å². The van der Waals surface area contributed by atoms with Crippen molar-refractivity contribution in [2.75, 3.05) is 26.2 Å². The summed E-state index contributed by atoms with van der Waals surface area (Å²) >= 11 is 0. The summed E-state index contributed by atoms with van der Waals surface area (Å²) in [5, 5.41) is 3.89. The summed E-state index contributed by atoms with van der Waals surface area (Å²) < 4.78 is 1.29. The lowest BCUT2D eigenvalue weighted by Crippen LogP contribution is -2.59. The summed E-state index contributed by atoms with van der Waals surface area (Å²) in [6, 6.07) is 0. The fourth-order valence-electron chi connectivity index (χ4n) is 3.15. The number of rotatable bonds is 4. The van der Waals surface area contributed by atoms with Crippen LogP contribution in [0.1, 0.15) is 39.5 Å². The van der Waals surface area contributed by atoms with Gasteiger partial charge in [0.1, 0.15) is 0 Å². The van der Waals surface area contributed by atoms with E-state index in [2.05, 4.69) is 10.0 Å². The molecule has 90 valence electrons. The van der Waals surface area contributed by atoms with Crippen LogP contribution in [0.15, 0.2) is 5.11 Å². The van der Waals surface area contributed by atoms with E-state index in [1.165, 1.54) is 49.9 Å². The summed E-state index contributed by atoms with van der Waals surface area (Å²) in [5.41, 5.74) is 8.31. The van der Waals surface area contributed by atoms with Gasteiger partial charge in [0.25, 0.3) is 0 Å². The number of piperidine rings is 3. The van der Waals surface area contributed by atoms with E-state index in [0.29, 0.717) is 0 Å². The Hall–Kier alpha value is -0.730. The van der Waals surface area contributed by atoms with Crippen molar-refractivity contribution in [2.24, 2.45) is 11.0 Å². The SMILES string of the molecule is CC(C)(CC[N+]12CCC(CC1)CC2)N=[N+]=[N-]. The summed E-state index contributed by atoms with van der Waals surface area (Å²) in [5.74, 6) is 1.02. The van der Waals surface area contributed by atoms with E-state index in [1.54, 1.807) is 0 Å². The molecular formula is C12H23N4+. The predicted molar refractivity (Wildman–Crippen MR) is 64.9 cm³/mol. The van der Waals surface area contributed by atoms with Crippen LogP contribution in [0, 0.1) is 5.92 Å². The average molecular weight is 223 g/mol. The Morgan fingerprint density at radius 1 is 1.25 bits per heavy atom. The van der Waals surface area contributed by atoms with Crippen molar-refractivity contribution in [1.29, 1.82) is 0 Å². The molecule has 0 radical (unpaired) electrons. The summed E-state index contributed by atoms with van der Waals surface area (Å²) in [4.78, 5) is 2.95. The number of quaternary nitrogens is 1. The molecule has 0 saturated carbocycles. The highest BCUT2D eigenvalue weighted by Crippen LogP contribution is 2.34. The molecule has 0 N–H and O–H groups in total. The maximum atomic E-state index is 8.52. The van der Waals surface area contributed by atoms with E-state index in [-0.39, 0.29) is 5.54 Å². The lowest BCUT2D eigenvalue weighted by molar-refractivity contribution is -0.943. The van der Waals surface area contributed by atoms with Gasteiger partial charge < -0.3 is 4.48 Å². The molecule has 3 fully saturated rings. The molecule has 0 atom stereocenters. The first-order chi connectivity index (χ1) is 7.55. The lowest BCUT2D eigenvalue weighted by atomic mass is 9.85. The van der Waals surface area contributed by atoms with Gasteiger partial charge in [-0.15, -0.1) is 0 Å². The topological polar surface area (TPSA) is 48.8 Å². The molecule has 3 heterocycles. The van der Waals surface area contributed by atoms with Gasteiger partial charge in [0.15, 0.2) is 0 Å². The highest BCUT2D eigenvalue weighted by atomic mass is 15.4. The zero-order valence-corrected chi connectivity index (χ0v) is 10.5. The molecular weight excluding hydrogens is 200 g/mol. The van der Waals surface area contributed by atoms with Crippen molar-refractivity contribution in [3.63, 3.8) is 0 Å². The minimum atomic E-state index is -0.212. The normalized spacial score (nSPS) is 33.5. The van der Waals surface area contributed by atoms with Crippen LogP contribution in [-0.2, 0) is 0 Å². The Labute approximate surface area is 97.8 Å². The van der Waals surface area contributed by atoms with Crippen molar-refractivity contribution in [3.8, 4) is 0 Å². The molecule has 3 aliphatic rings. The maximum Gasteiger partial charge on any atom is 0.0793 e. The zero-order valence-electron chi connectivity index (χ0n) is 10.5. The Morgan fingerprint density at radius 3 is 2.31 bits per heavy atom. The molecule has 0 amide bonds. The van der Waals surface area contributed by atoms with Crippen LogP contribution in [0.5, 0.6) is 0 Å². The first-order valence-electron chi connectivity index (χ1n) is 6.47. The summed E-state index contributed by atoms with van der Waals surface area (Å²) in [6.45, 7) is 9.35. The molecule has 0 aromatic carbocycles. The Bertz CT molecular complexity index is 282. The van der Waals surface area contributed by atoms with Gasteiger partial charge in [0.2, 0.25) is 0 Å². The lowest BCUT2D eigenvalue weighted by Gasteiger charge is -2.49. The molecule has 0 aliphatic carbocycles. The molecule has 4 heteroatoms. The third kappa shape index (κ3) is 2.50. The first kappa shape index (κ1) is 11.7. The van der Waals surface area contributed by atoms with Crippen LogP contribution >= 0.6 is 0 Å². The molecule has 0 aromatic heterocycles. The van der Waals surface area contributed by atoms with Crippen molar-refractivity contribution < 1.29 is 4.48 Å². The number of hydrogen-bond donors (Lipinski definition) is 0. The van der Waals surface area contributed by atoms with Crippen LogP contribution in [0.3, 0.4) is 0 Å². The minimum absolute atomic E-state index is 0.212. The van der Waals surface area contributed by atoms with Crippen molar-refractivity contribution in [3.05, 3.63) is 10.4 Å². The standard InChI is InChI=1S/C12H23N4/c1-12(2,14-15-13)6-10-16-7-3-11(4-8-16)5-9-16/h11H,3-10H2,1-2H3/q+1. The van der Waals surface area contributed by atoms with Gasteiger partial charge in [-0.1, -0.05) is 19.0 Å². The maximum absolute atomic E-state index is 8.52. The van der Waals surface area contributed by atoms with Crippen molar-refractivity contribution >= 4 is 0 Å². The third-order valence-corrected chi connectivity index (χ3v) is 4.55. The number of azide groups is 1. The zero-order chi connectivity index (χ0) is 11.6. The molecule has 16 heavy (non-hydrogen) atoms. The molecule has 0 aromatic rings. The predicted octanol–water partition coefficient (Wildman–Crippen LogP) is 3.10. The van der Waals surface area contributed by atoms with Crippen LogP contribution in [0.2, 0.25) is 0 Å². The first-order valence-corrected chi connectivity index (χ1v) is 6.47. The van der Waals surface area contributed by atoms with E-state index >= 15 is 0 Å². The Balaban J connectivity index is 1.91. The van der Waals surface area contributed by atoms with E-state index in [4.69, 9.17) is 5.53 Å². The van der Waals surface area contributed by atoms with Gasteiger partial charge >= 0.3 is 0 Å². The molecule has 3 saturated heterocycles. The van der Waals surface area contributed by atoms with E-state index in [9.17, 15) is 0 Å². The van der Waals surface area contributed by atoms with Crippen LogP contribution in [0.25, 0.3) is 10.4 Å². The van der Waals surface area contributed by atoms with Gasteiger partial charge in [-0.2, -0.15) is 0 Å². The number of fused-ring (bicyclic) bond motifs is 3. The van der Waals surface area contributed by atoms with Gasteiger partial charge in [-0.05, 0) is 30.7 Å². The molecule has 4 nitrogen and oxygen atoms in total. The summed E-state index contributed by atoms with van der Waals surface area (Å²) in [6.07, 6.45) is 5.27. The smallest absolute Gasteiger partial charge is 0.0793 e. The van der Waals surface area contributed by atoms with Gasteiger partial charge in [0.05, 0.1) is 26.2 Å². The quantitative estimate of drug-likeness (QED) is 0.304. The van der Waals surface area contributed by atoms with E-state index in [1.807, 2.05) is 13.8 Å². The largest absolute Gasteiger partial charge is 0.324 e. The molecule has 3 rings (SSSR count). The van der Waals surface area contributed by atoms with Gasteiger partial charge in [0, 0.05) is 16.9 Å². The van der Waals surface area contributed by atoms with Crippen molar-refractivity contribution in [2.45, 2.75) is 45.1 Å². The van der Waals surface area contributed by atoms with E-state index < -0.39 is 0 Å². The van der Waals surface area contributed by atoms with Crippen LogP contribution in [-0.4, -0.2) is 36.2 Å². The molecule has 0 unspecified atom stereocenters. The average Bonchev–Trinajstić information content (AvgIpc) is 2.29.